The summed E-state index contributed by atoms with van der Waals surface area (Å²) in [6.07, 6.45) is 0.437. The lowest BCUT2D eigenvalue weighted by atomic mass is 10.1. The molecule has 16 heavy (non-hydrogen) atoms. The van der Waals surface area contributed by atoms with E-state index in [9.17, 15) is 4.79 Å². The summed E-state index contributed by atoms with van der Waals surface area (Å²) in [5.41, 5.74) is 6.43. The molecule has 5 N–H and O–H groups in total. The number of aliphatic hydroxyl groups is 1. The molecule has 0 radical (unpaired) electrons. The van der Waals surface area contributed by atoms with E-state index >= 15 is 0 Å². The number of benzene rings is 1. The number of aliphatic hydroxyl groups excluding tert-OH is 1. The quantitative estimate of drug-likeness (QED) is 0.329. The van der Waals surface area contributed by atoms with Gasteiger partial charge in [0.25, 0.3) is 5.91 Å². The van der Waals surface area contributed by atoms with Crippen LogP contribution in [0, 0.1) is 0 Å². The molecule has 0 heterocycles. The molecule has 0 aliphatic carbocycles. The Labute approximate surface area is 102 Å². The fourth-order valence-electron chi connectivity index (χ4n) is 1.25. The van der Waals surface area contributed by atoms with Gasteiger partial charge in [0, 0.05) is 23.3 Å². The molecule has 0 aliphatic heterocycles. The Morgan fingerprint density at radius 2 is 2.19 bits per heavy atom. The van der Waals surface area contributed by atoms with Crippen LogP contribution in [-0.4, -0.2) is 29.2 Å². The van der Waals surface area contributed by atoms with Gasteiger partial charge in [-0.25, -0.2) is 5.84 Å². The van der Waals surface area contributed by atoms with Gasteiger partial charge in [0.05, 0.1) is 5.56 Å². The maximum Gasteiger partial charge on any atom is 0.271 e. The average Bonchev–Trinajstić information content (AvgIpc) is 2.25. The molecule has 88 valence electrons. The minimum absolute atomic E-state index is 0.00752. The lowest BCUT2D eigenvalue weighted by molar-refractivity contribution is 0.0745. The molecular weight excluding hydrogens is 274 g/mol. The van der Waals surface area contributed by atoms with Crippen LogP contribution in [0.15, 0.2) is 22.7 Å². The van der Waals surface area contributed by atoms with Crippen molar-refractivity contribution in [2.45, 2.75) is 6.42 Å². The number of nitrogens with two attached hydrogens (primary N) is 2. The smallest absolute Gasteiger partial charge is 0.271 e. The predicted octanol–water partition coefficient (Wildman–Crippen LogP) is 0.730. The van der Waals surface area contributed by atoms with E-state index in [2.05, 4.69) is 15.9 Å². The molecule has 5 nitrogen and oxygen atoms in total. The second kappa shape index (κ2) is 5.83. The zero-order chi connectivity index (χ0) is 12.1. The van der Waals surface area contributed by atoms with Gasteiger partial charge in [-0.05, 0) is 34.5 Å². The zero-order valence-corrected chi connectivity index (χ0v) is 10.3. The molecule has 0 saturated heterocycles. The van der Waals surface area contributed by atoms with Crippen molar-refractivity contribution in [2.75, 3.05) is 18.9 Å². The monoisotopic (exact) mass is 287 g/mol. The van der Waals surface area contributed by atoms with Crippen molar-refractivity contribution in [1.82, 2.24) is 5.01 Å². The first-order valence-electron chi connectivity index (χ1n) is 4.79. The summed E-state index contributed by atoms with van der Waals surface area (Å²) < 4.78 is 0.608. The van der Waals surface area contributed by atoms with Crippen LogP contribution in [-0.2, 0) is 0 Å². The van der Waals surface area contributed by atoms with Crippen LogP contribution < -0.4 is 11.6 Å². The number of amides is 1. The van der Waals surface area contributed by atoms with E-state index in [0.29, 0.717) is 22.1 Å². The minimum Gasteiger partial charge on any atom is -0.398 e. The third-order valence-corrected chi connectivity index (χ3v) is 2.74. The number of anilines is 1. The van der Waals surface area contributed by atoms with Gasteiger partial charge in [-0.3, -0.25) is 9.80 Å². The Morgan fingerprint density at radius 1 is 1.50 bits per heavy atom. The van der Waals surface area contributed by atoms with Gasteiger partial charge in [0.15, 0.2) is 0 Å². The fraction of sp³-hybridized carbons (Fsp3) is 0.300. The van der Waals surface area contributed by atoms with Crippen LogP contribution >= 0.6 is 15.9 Å². The molecule has 0 bridgehead atoms. The van der Waals surface area contributed by atoms with E-state index < -0.39 is 0 Å². The number of hydrazine groups is 1. The van der Waals surface area contributed by atoms with Gasteiger partial charge >= 0.3 is 0 Å². The molecule has 1 rings (SSSR count). The van der Waals surface area contributed by atoms with Crippen LogP contribution in [0.2, 0.25) is 0 Å². The maximum absolute atomic E-state index is 11.9. The topological polar surface area (TPSA) is 92.6 Å². The van der Waals surface area contributed by atoms with Crippen molar-refractivity contribution in [2.24, 2.45) is 5.84 Å². The molecule has 0 atom stereocenters. The summed E-state index contributed by atoms with van der Waals surface area (Å²) >= 11 is 3.25. The summed E-state index contributed by atoms with van der Waals surface area (Å²) in [7, 11) is 0. The highest BCUT2D eigenvalue weighted by atomic mass is 79.9. The van der Waals surface area contributed by atoms with E-state index in [1.165, 1.54) is 0 Å². The summed E-state index contributed by atoms with van der Waals surface area (Å²) in [5.74, 6) is 5.21. The molecule has 0 unspecified atom stereocenters. The molecule has 0 spiro atoms. The molecule has 0 aromatic heterocycles. The highest BCUT2D eigenvalue weighted by molar-refractivity contribution is 9.10. The van der Waals surface area contributed by atoms with Gasteiger partial charge in [-0.1, -0.05) is 6.07 Å². The Morgan fingerprint density at radius 3 is 2.75 bits per heavy atom. The van der Waals surface area contributed by atoms with Crippen molar-refractivity contribution in [3.05, 3.63) is 28.2 Å². The second-order valence-electron chi connectivity index (χ2n) is 3.28. The van der Waals surface area contributed by atoms with Gasteiger partial charge in [-0.15, -0.1) is 0 Å². The second-order valence-corrected chi connectivity index (χ2v) is 4.13. The lowest BCUT2D eigenvalue weighted by Crippen LogP contribution is -2.39. The molecular formula is C10H14BrN3O2. The van der Waals surface area contributed by atoms with E-state index in [1.807, 2.05) is 0 Å². The van der Waals surface area contributed by atoms with Gasteiger partial charge in [-0.2, -0.15) is 0 Å². The van der Waals surface area contributed by atoms with Gasteiger partial charge in [0.2, 0.25) is 0 Å². The normalized spacial score (nSPS) is 10.2. The SMILES string of the molecule is Nc1cccc(Br)c1C(=O)N(N)CCCO. The number of halogens is 1. The lowest BCUT2D eigenvalue weighted by Gasteiger charge is -2.17. The Kier molecular flexibility index (Phi) is 4.72. The van der Waals surface area contributed by atoms with Crippen molar-refractivity contribution in [1.29, 1.82) is 0 Å². The first-order chi connectivity index (χ1) is 7.57. The molecule has 1 amide bonds. The molecule has 0 aliphatic rings. The zero-order valence-electron chi connectivity index (χ0n) is 8.69. The van der Waals surface area contributed by atoms with Crippen molar-refractivity contribution >= 4 is 27.5 Å². The fourth-order valence-corrected chi connectivity index (χ4v) is 1.80. The van der Waals surface area contributed by atoms with Crippen LogP contribution in [0.1, 0.15) is 16.8 Å². The third kappa shape index (κ3) is 2.94. The van der Waals surface area contributed by atoms with Crippen LogP contribution in [0.25, 0.3) is 0 Å². The molecule has 6 heteroatoms. The van der Waals surface area contributed by atoms with Crippen molar-refractivity contribution in [3.63, 3.8) is 0 Å². The Hall–Kier alpha value is -1.11. The molecule has 1 aromatic carbocycles. The van der Waals surface area contributed by atoms with Crippen molar-refractivity contribution in [3.8, 4) is 0 Å². The summed E-state index contributed by atoms with van der Waals surface area (Å²) in [4.78, 5) is 11.9. The van der Waals surface area contributed by atoms with E-state index in [4.69, 9.17) is 16.7 Å². The number of nitrogen functional groups attached to an aromatic ring is 1. The average molecular weight is 288 g/mol. The number of hydrogen-bond acceptors (Lipinski definition) is 4. The molecule has 0 saturated carbocycles. The third-order valence-electron chi connectivity index (χ3n) is 2.08. The Balaban J connectivity index is 2.87. The first kappa shape index (κ1) is 13.0. The van der Waals surface area contributed by atoms with Gasteiger partial charge < -0.3 is 10.8 Å². The van der Waals surface area contributed by atoms with Crippen molar-refractivity contribution < 1.29 is 9.90 Å². The van der Waals surface area contributed by atoms with Crippen LogP contribution in [0.3, 0.4) is 0 Å². The Bertz CT molecular complexity index is 364. The van der Waals surface area contributed by atoms with Crippen LogP contribution in [0.4, 0.5) is 5.69 Å². The van der Waals surface area contributed by atoms with E-state index in [1.54, 1.807) is 18.2 Å². The van der Waals surface area contributed by atoms with Crippen LogP contribution in [0.5, 0.6) is 0 Å². The summed E-state index contributed by atoms with van der Waals surface area (Å²) in [6, 6.07) is 5.10. The number of rotatable bonds is 4. The highest BCUT2D eigenvalue weighted by Gasteiger charge is 2.17. The van der Waals surface area contributed by atoms with E-state index in [-0.39, 0.29) is 19.1 Å². The molecule has 0 fully saturated rings. The minimum atomic E-state index is -0.363. The molecule has 1 aromatic rings. The number of nitrogens with zero attached hydrogens (tertiary/aromatic N) is 1. The first-order valence-corrected chi connectivity index (χ1v) is 5.58. The number of carbonyl (C=O) groups is 1. The number of hydrogen-bond donors (Lipinski definition) is 3. The summed E-state index contributed by atoms with van der Waals surface area (Å²) in [5, 5.41) is 9.70. The van der Waals surface area contributed by atoms with E-state index in [0.717, 1.165) is 5.01 Å². The highest BCUT2D eigenvalue weighted by Crippen LogP contribution is 2.23. The number of carbonyl (C=O) groups excluding carboxylic acids is 1. The predicted molar refractivity (Wildman–Crippen MR) is 65.5 cm³/mol. The standard InChI is InChI=1S/C10H14BrN3O2/c11-7-3-1-4-8(12)9(7)10(16)14(13)5-2-6-15/h1,3-4,15H,2,5-6,12-13H2. The summed E-state index contributed by atoms with van der Waals surface area (Å²) in [6.45, 7) is 0.280. The van der Waals surface area contributed by atoms with Gasteiger partial charge in [0.1, 0.15) is 0 Å². The maximum atomic E-state index is 11.9. The largest absolute Gasteiger partial charge is 0.398 e.